The molecule has 0 radical (unpaired) electrons. The molecule has 0 aliphatic carbocycles. The summed E-state index contributed by atoms with van der Waals surface area (Å²) in [6, 6.07) is 8.83. The number of hydrogen-bond donors (Lipinski definition) is 2. The summed E-state index contributed by atoms with van der Waals surface area (Å²) < 4.78 is 0. The number of imidazole rings is 1. The van der Waals surface area contributed by atoms with Crippen LogP contribution < -0.4 is 5.32 Å². The van der Waals surface area contributed by atoms with Gasteiger partial charge in [0, 0.05) is 21.9 Å². The lowest BCUT2D eigenvalue weighted by Gasteiger charge is -1.99. The van der Waals surface area contributed by atoms with Gasteiger partial charge in [-0.2, -0.15) is 0 Å². The highest BCUT2D eigenvalue weighted by Crippen LogP contribution is 2.22. The molecule has 1 aromatic carbocycles. The Labute approximate surface area is 125 Å². The minimum Gasteiger partial charge on any atom is -0.351 e. The number of aromatic amines is 1. The molecule has 3 aromatic rings. The zero-order valence-electron chi connectivity index (χ0n) is 11.4. The molecule has 0 saturated carbocycles. The topological polar surface area (TPSA) is 83.8 Å². The van der Waals surface area contributed by atoms with Crippen molar-refractivity contribution in [2.24, 2.45) is 0 Å². The van der Waals surface area contributed by atoms with Gasteiger partial charge in [0.2, 0.25) is 5.95 Å². The molecule has 2 N–H and O–H groups in total. The van der Waals surface area contributed by atoms with Gasteiger partial charge in [-0.15, -0.1) is 11.3 Å². The maximum absolute atomic E-state index is 10.7. The van der Waals surface area contributed by atoms with Crippen LogP contribution in [0.3, 0.4) is 0 Å². The number of nitrogens with one attached hydrogen (secondary N) is 2. The predicted octanol–water partition coefficient (Wildman–Crippen LogP) is 3.71. The molecule has 3 rings (SSSR count). The van der Waals surface area contributed by atoms with E-state index in [0.717, 1.165) is 6.42 Å². The molecule has 21 heavy (non-hydrogen) atoms. The number of aryl methyl sites for hydroxylation is 1. The summed E-state index contributed by atoms with van der Waals surface area (Å²) in [4.78, 5) is 20.4. The van der Waals surface area contributed by atoms with Gasteiger partial charge in [0.1, 0.15) is 0 Å². The lowest BCUT2D eigenvalue weighted by atomic mass is 10.3. The van der Waals surface area contributed by atoms with Crippen molar-refractivity contribution < 1.29 is 4.92 Å². The molecule has 108 valence electrons. The minimum atomic E-state index is -0.411. The van der Waals surface area contributed by atoms with Crippen molar-refractivity contribution in [2.75, 3.05) is 5.32 Å². The average molecular weight is 302 g/mol. The lowest BCUT2D eigenvalue weighted by molar-refractivity contribution is -0.384. The quantitative estimate of drug-likeness (QED) is 0.556. The summed E-state index contributed by atoms with van der Waals surface area (Å²) in [7, 11) is 0. The molecular weight excluding hydrogens is 288 g/mol. The van der Waals surface area contributed by atoms with E-state index in [9.17, 15) is 10.1 Å². The molecule has 0 bridgehead atoms. The Bertz CT molecular complexity index is 793. The largest absolute Gasteiger partial charge is 0.351 e. The van der Waals surface area contributed by atoms with Gasteiger partial charge in [-0.1, -0.05) is 6.92 Å². The molecule has 0 aliphatic rings. The fourth-order valence-electron chi connectivity index (χ4n) is 2.07. The molecule has 0 unspecified atom stereocenters. The number of anilines is 1. The molecule has 0 fully saturated rings. The van der Waals surface area contributed by atoms with Gasteiger partial charge < -0.3 is 10.3 Å². The zero-order chi connectivity index (χ0) is 14.8. The van der Waals surface area contributed by atoms with Crippen LogP contribution in [0.1, 0.15) is 16.7 Å². The average Bonchev–Trinajstić information content (AvgIpc) is 3.10. The van der Waals surface area contributed by atoms with E-state index in [1.165, 1.54) is 21.9 Å². The van der Waals surface area contributed by atoms with Crippen LogP contribution in [0.4, 0.5) is 11.6 Å². The molecule has 2 heterocycles. The molecule has 0 aliphatic heterocycles. The number of non-ortho nitro benzene ring substituents is 1. The highest BCUT2D eigenvalue weighted by atomic mass is 32.1. The predicted molar refractivity (Wildman–Crippen MR) is 83.8 cm³/mol. The fraction of sp³-hybridized carbons (Fsp3) is 0.214. The van der Waals surface area contributed by atoms with Crippen molar-refractivity contribution in [1.29, 1.82) is 0 Å². The number of H-pyrrole nitrogens is 1. The Kier molecular flexibility index (Phi) is 3.57. The van der Waals surface area contributed by atoms with Crippen LogP contribution in [0.2, 0.25) is 0 Å². The Hall–Kier alpha value is -2.41. The lowest BCUT2D eigenvalue weighted by Crippen LogP contribution is -1.98. The van der Waals surface area contributed by atoms with E-state index in [-0.39, 0.29) is 5.69 Å². The van der Waals surface area contributed by atoms with E-state index in [0.29, 0.717) is 23.5 Å². The summed E-state index contributed by atoms with van der Waals surface area (Å²) in [6.45, 7) is 2.82. The maximum atomic E-state index is 10.7. The molecule has 6 nitrogen and oxygen atoms in total. The van der Waals surface area contributed by atoms with Gasteiger partial charge in [0.05, 0.1) is 22.5 Å². The molecule has 0 amide bonds. The number of nitrogens with zero attached hydrogens (tertiary/aromatic N) is 2. The van der Waals surface area contributed by atoms with Gasteiger partial charge >= 0.3 is 0 Å². The highest BCUT2D eigenvalue weighted by Gasteiger charge is 2.09. The van der Waals surface area contributed by atoms with Gasteiger partial charge in [-0.3, -0.25) is 10.1 Å². The first kappa shape index (κ1) is 13.6. The summed E-state index contributed by atoms with van der Waals surface area (Å²) in [5.41, 5.74) is 1.43. The molecule has 0 atom stereocenters. The molecular formula is C14H14N4O2S. The number of thiophene rings is 1. The van der Waals surface area contributed by atoms with Crippen LogP contribution in [-0.4, -0.2) is 14.9 Å². The fourth-order valence-corrected chi connectivity index (χ4v) is 2.97. The number of fused-ring (bicyclic) bond motifs is 1. The first-order valence-electron chi connectivity index (χ1n) is 6.61. The first-order chi connectivity index (χ1) is 10.2. The van der Waals surface area contributed by atoms with Crippen LogP contribution in [-0.2, 0) is 13.0 Å². The number of nitro groups is 1. The summed E-state index contributed by atoms with van der Waals surface area (Å²) >= 11 is 1.77. The van der Waals surface area contributed by atoms with Crippen molar-refractivity contribution in [3.8, 4) is 0 Å². The Morgan fingerprint density at radius 3 is 2.86 bits per heavy atom. The van der Waals surface area contributed by atoms with Crippen LogP contribution in [0, 0.1) is 10.1 Å². The van der Waals surface area contributed by atoms with E-state index in [4.69, 9.17) is 0 Å². The third-order valence-corrected chi connectivity index (χ3v) is 4.40. The molecule has 7 heteroatoms. The minimum absolute atomic E-state index is 0.0588. The van der Waals surface area contributed by atoms with Crippen molar-refractivity contribution in [1.82, 2.24) is 9.97 Å². The maximum Gasteiger partial charge on any atom is 0.271 e. The van der Waals surface area contributed by atoms with Crippen LogP contribution in [0.25, 0.3) is 11.0 Å². The number of nitro benzene ring substituents is 1. The summed E-state index contributed by atoms with van der Waals surface area (Å²) in [6.07, 6.45) is 1.04. The number of hydrogen-bond acceptors (Lipinski definition) is 5. The van der Waals surface area contributed by atoms with Gasteiger partial charge in [-0.25, -0.2) is 4.98 Å². The second-order valence-electron chi connectivity index (χ2n) is 4.62. The number of benzene rings is 1. The SMILES string of the molecule is CCc1ccc(CNc2nc3ccc([N+](=O)[O-])cc3[nH]2)s1. The standard InChI is InChI=1S/C14H14N4O2S/c1-2-10-4-5-11(21-10)8-15-14-16-12-6-3-9(18(19)20)7-13(12)17-14/h3-7H,2,8H2,1H3,(H2,15,16,17). The van der Waals surface area contributed by atoms with Crippen LogP contribution in [0.5, 0.6) is 0 Å². The van der Waals surface area contributed by atoms with Crippen molar-refractivity contribution in [3.05, 3.63) is 50.2 Å². The van der Waals surface area contributed by atoms with E-state index in [1.807, 2.05) is 0 Å². The third-order valence-electron chi connectivity index (χ3n) is 3.17. The van der Waals surface area contributed by atoms with E-state index in [2.05, 4.69) is 34.3 Å². The second kappa shape index (κ2) is 5.53. The first-order valence-corrected chi connectivity index (χ1v) is 7.43. The van der Waals surface area contributed by atoms with Crippen LogP contribution in [0.15, 0.2) is 30.3 Å². The normalized spacial score (nSPS) is 10.9. The van der Waals surface area contributed by atoms with Gasteiger partial charge in [-0.05, 0) is 24.6 Å². The number of rotatable bonds is 5. The third kappa shape index (κ3) is 2.87. The van der Waals surface area contributed by atoms with Crippen LogP contribution >= 0.6 is 11.3 Å². The van der Waals surface area contributed by atoms with E-state index >= 15 is 0 Å². The molecule has 0 spiro atoms. The second-order valence-corrected chi connectivity index (χ2v) is 5.87. The smallest absolute Gasteiger partial charge is 0.271 e. The van der Waals surface area contributed by atoms with Gasteiger partial charge in [0.25, 0.3) is 5.69 Å². The van der Waals surface area contributed by atoms with Crippen molar-refractivity contribution in [2.45, 2.75) is 19.9 Å². The van der Waals surface area contributed by atoms with Crippen molar-refractivity contribution in [3.63, 3.8) is 0 Å². The highest BCUT2D eigenvalue weighted by molar-refractivity contribution is 7.12. The van der Waals surface area contributed by atoms with E-state index in [1.54, 1.807) is 17.4 Å². The summed E-state index contributed by atoms with van der Waals surface area (Å²) in [5, 5.41) is 14.0. The summed E-state index contributed by atoms with van der Waals surface area (Å²) in [5.74, 6) is 0.622. The zero-order valence-corrected chi connectivity index (χ0v) is 12.2. The Morgan fingerprint density at radius 1 is 1.33 bits per heavy atom. The van der Waals surface area contributed by atoms with Gasteiger partial charge in [0.15, 0.2) is 0 Å². The van der Waals surface area contributed by atoms with E-state index < -0.39 is 4.92 Å². The Balaban J connectivity index is 1.76. The monoisotopic (exact) mass is 302 g/mol. The van der Waals surface area contributed by atoms with Crippen molar-refractivity contribution >= 4 is 34.0 Å². The molecule has 0 saturated heterocycles. The number of aromatic nitrogens is 2. The molecule has 2 aromatic heterocycles. The Morgan fingerprint density at radius 2 is 2.14 bits per heavy atom.